The van der Waals surface area contributed by atoms with Crippen molar-refractivity contribution in [3.8, 4) is 0 Å². The Kier molecular flexibility index (Phi) is 3.78. The van der Waals surface area contributed by atoms with Crippen molar-refractivity contribution in [1.29, 1.82) is 0 Å². The van der Waals surface area contributed by atoms with Gasteiger partial charge in [-0.3, -0.25) is 4.90 Å². The molecule has 1 aliphatic rings. The molecule has 2 rings (SSSR count). The Morgan fingerprint density at radius 2 is 2.27 bits per heavy atom. The largest absolute Gasteiger partial charge is 0.329 e. The zero-order chi connectivity index (χ0) is 10.7. The molecule has 0 aliphatic carbocycles. The Labute approximate surface area is 96.1 Å². The van der Waals surface area contributed by atoms with Gasteiger partial charge in [0.1, 0.15) is 0 Å². The van der Waals surface area contributed by atoms with E-state index in [9.17, 15) is 0 Å². The highest BCUT2D eigenvalue weighted by Crippen LogP contribution is 2.28. The van der Waals surface area contributed by atoms with E-state index < -0.39 is 0 Å². The lowest BCUT2D eigenvalue weighted by atomic mass is 9.97. The van der Waals surface area contributed by atoms with Gasteiger partial charge < -0.3 is 5.73 Å². The van der Waals surface area contributed by atoms with Crippen LogP contribution in [0.15, 0.2) is 17.5 Å². The Morgan fingerprint density at radius 1 is 1.53 bits per heavy atom. The zero-order valence-electron chi connectivity index (χ0n) is 9.36. The fourth-order valence-electron chi connectivity index (χ4n) is 2.27. The van der Waals surface area contributed by atoms with Crippen LogP contribution in [0, 0.1) is 5.92 Å². The van der Waals surface area contributed by atoms with E-state index in [2.05, 4.69) is 29.3 Å². The first-order chi connectivity index (χ1) is 7.31. The molecule has 0 aromatic carbocycles. The summed E-state index contributed by atoms with van der Waals surface area (Å²) in [5, 5.41) is 2.14. The first-order valence-electron chi connectivity index (χ1n) is 5.78. The minimum atomic E-state index is 0.456. The van der Waals surface area contributed by atoms with Crippen molar-refractivity contribution in [2.24, 2.45) is 11.7 Å². The average molecular weight is 224 g/mol. The number of nitrogens with zero attached hydrogens (tertiary/aromatic N) is 1. The molecule has 15 heavy (non-hydrogen) atoms. The van der Waals surface area contributed by atoms with Crippen LogP contribution in [0.1, 0.15) is 30.7 Å². The molecule has 2 heterocycles. The second-order valence-electron chi connectivity index (χ2n) is 4.49. The van der Waals surface area contributed by atoms with E-state index >= 15 is 0 Å². The SMILES string of the molecule is CC1CCN(C(CN)c2cccs2)CC1. The Hall–Kier alpha value is -0.380. The smallest absolute Gasteiger partial charge is 0.0564 e. The molecule has 1 aliphatic heterocycles. The topological polar surface area (TPSA) is 29.3 Å². The van der Waals surface area contributed by atoms with E-state index in [1.807, 2.05) is 11.3 Å². The Bertz CT molecular complexity index is 276. The van der Waals surface area contributed by atoms with Crippen LogP contribution in [0.25, 0.3) is 0 Å². The van der Waals surface area contributed by atoms with Gasteiger partial charge in [-0.2, -0.15) is 0 Å². The van der Waals surface area contributed by atoms with Crippen molar-refractivity contribution >= 4 is 11.3 Å². The first kappa shape index (κ1) is 11.1. The summed E-state index contributed by atoms with van der Waals surface area (Å²) in [4.78, 5) is 3.97. The van der Waals surface area contributed by atoms with Crippen LogP contribution in [0.4, 0.5) is 0 Å². The summed E-state index contributed by atoms with van der Waals surface area (Å²) in [5.74, 6) is 0.892. The third kappa shape index (κ3) is 2.60. The van der Waals surface area contributed by atoms with E-state index in [1.54, 1.807) is 0 Å². The van der Waals surface area contributed by atoms with Crippen molar-refractivity contribution in [3.05, 3.63) is 22.4 Å². The zero-order valence-corrected chi connectivity index (χ0v) is 10.2. The Balaban J connectivity index is 2.01. The minimum absolute atomic E-state index is 0.456. The van der Waals surface area contributed by atoms with E-state index in [0.717, 1.165) is 12.5 Å². The summed E-state index contributed by atoms with van der Waals surface area (Å²) in [6, 6.07) is 4.78. The van der Waals surface area contributed by atoms with Crippen LogP contribution in [-0.2, 0) is 0 Å². The number of thiophene rings is 1. The van der Waals surface area contributed by atoms with E-state index in [0.29, 0.717) is 6.04 Å². The summed E-state index contributed by atoms with van der Waals surface area (Å²) in [5.41, 5.74) is 5.89. The summed E-state index contributed by atoms with van der Waals surface area (Å²) in [7, 11) is 0. The van der Waals surface area contributed by atoms with E-state index in [-0.39, 0.29) is 0 Å². The normalized spacial score (nSPS) is 21.7. The lowest BCUT2D eigenvalue weighted by Crippen LogP contribution is -2.39. The molecule has 2 N–H and O–H groups in total. The maximum absolute atomic E-state index is 5.89. The highest BCUT2D eigenvalue weighted by Gasteiger charge is 2.23. The third-order valence-corrected chi connectivity index (χ3v) is 4.33. The summed E-state index contributed by atoms with van der Waals surface area (Å²) in [6.45, 7) is 5.51. The fourth-order valence-corrected chi connectivity index (χ4v) is 3.14. The summed E-state index contributed by atoms with van der Waals surface area (Å²) < 4.78 is 0. The summed E-state index contributed by atoms with van der Waals surface area (Å²) >= 11 is 1.83. The van der Waals surface area contributed by atoms with E-state index in [4.69, 9.17) is 5.73 Å². The van der Waals surface area contributed by atoms with Crippen LogP contribution >= 0.6 is 11.3 Å². The number of hydrogen-bond donors (Lipinski definition) is 1. The molecule has 1 atom stereocenters. The molecular formula is C12H20N2S. The van der Waals surface area contributed by atoms with Gasteiger partial charge in [0.25, 0.3) is 0 Å². The second kappa shape index (κ2) is 5.10. The number of hydrogen-bond acceptors (Lipinski definition) is 3. The number of piperidine rings is 1. The van der Waals surface area contributed by atoms with Crippen molar-refractivity contribution in [3.63, 3.8) is 0 Å². The lowest BCUT2D eigenvalue weighted by molar-refractivity contribution is 0.143. The van der Waals surface area contributed by atoms with Crippen molar-refractivity contribution in [2.45, 2.75) is 25.8 Å². The standard InChI is InChI=1S/C12H20N2S/c1-10-4-6-14(7-5-10)11(9-13)12-3-2-8-15-12/h2-3,8,10-11H,4-7,9,13H2,1H3. The van der Waals surface area contributed by atoms with Gasteiger partial charge in [-0.05, 0) is 43.3 Å². The van der Waals surface area contributed by atoms with Gasteiger partial charge in [0.2, 0.25) is 0 Å². The highest BCUT2D eigenvalue weighted by atomic mass is 32.1. The maximum atomic E-state index is 5.89. The number of nitrogens with two attached hydrogens (primary N) is 1. The predicted octanol–water partition coefficient (Wildman–Crippen LogP) is 2.48. The molecule has 1 saturated heterocycles. The molecule has 3 heteroatoms. The van der Waals surface area contributed by atoms with Crippen molar-refractivity contribution in [1.82, 2.24) is 4.90 Å². The molecule has 1 fully saturated rings. The minimum Gasteiger partial charge on any atom is -0.329 e. The predicted molar refractivity (Wildman–Crippen MR) is 66.1 cm³/mol. The third-order valence-electron chi connectivity index (χ3n) is 3.35. The monoisotopic (exact) mass is 224 g/mol. The van der Waals surface area contributed by atoms with Gasteiger partial charge in [-0.15, -0.1) is 11.3 Å². The van der Waals surface area contributed by atoms with Gasteiger partial charge in [0.15, 0.2) is 0 Å². The molecular weight excluding hydrogens is 204 g/mol. The first-order valence-corrected chi connectivity index (χ1v) is 6.66. The fraction of sp³-hybridized carbons (Fsp3) is 0.667. The average Bonchev–Trinajstić information content (AvgIpc) is 2.75. The van der Waals surface area contributed by atoms with Crippen LogP contribution in [0.3, 0.4) is 0 Å². The lowest BCUT2D eigenvalue weighted by Gasteiger charge is -2.35. The van der Waals surface area contributed by atoms with Gasteiger partial charge in [0, 0.05) is 11.4 Å². The van der Waals surface area contributed by atoms with Crippen molar-refractivity contribution < 1.29 is 0 Å². The quantitative estimate of drug-likeness (QED) is 0.854. The highest BCUT2D eigenvalue weighted by molar-refractivity contribution is 7.10. The van der Waals surface area contributed by atoms with Gasteiger partial charge in [-0.25, -0.2) is 0 Å². The van der Waals surface area contributed by atoms with Crippen LogP contribution in [-0.4, -0.2) is 24.5 Å². The number of rotatable bonds is 3. The van der Waals surface area contributed by atoms with Crippen LogP contribution < -0.4 is 5.73 Å². The molecule has 0 amide bonds. The van der Waals surface area contributed by atoms with Crippen LogP contribution in [0.5, 0.6) is 0 Å². The molecule has 1 aromatic rings. The molecule has 0 radical (unpaired) electrons. The molecule has 0 bridgehead atoms. The van der Waals surface area contributed by atoms with Gasteiger partial charge in [0.05, 0.1) is 6.04 Å². The molecule has 84 valence electrons. The van der Waals surface area contributed by atoms with Gasteiger partial charge >= 0.3 is 0 Å². The van der Waals surface area contributed by atoms with Gasteiger partial charge in [-0.1, -0.05) is 13.0 Å². The van der Waals surface area contributed by atoms with Crippen molar-refractivity contribution in [2.75, 3.05) is 19.6 Å². The summed E-state index contributed by atoms with van der Waals surface area (Å²) in [6.07, 6.45) is 2.64. The molecule has 1 aromatic heterocycles. The molecule has 2 nitrogen and oxygen atoms in total. The molecule has 0 saturated carbocycles. The Morgan fingerprint density at radius 3 is 2.80 bits per heavy atom. The maximum Gasteiger partial charge on any atom is 0.0564 e. The van der Waals surface area contributed by atoms with Crippen LogP contribution in [0.2, 0.25) is 0 Å². The number of likely N-dealkylation sites (tertiary alicyclic amines) is 1. The van der Waals surface area contributed by atoms with E-state index in [1.165, 1.54) is 30.8 Å². The molecule has 0 spiro atoms. The second-order valence-corrected chi connectivity index (χ2v) is 5.46. The molecule has 1 unspecified atom stereocenters.